The van der Waals surface area contributed by atoms with Gasteiger partial charge in [0.15, 0.2) is 0 Å². The minimum atomic E-state index is 0.613. The minimum Gasteiger partial charge on any atom is -0.126 e. The third-order valence-corrected chi connectivity index (χ3v) is 5.40. The second-order valence-corrected chi connectivity index (χ2v) is 6.73. The van der Waals surface area contributed by atoms with Gasteiger partial charge in [-0.1, -0.05) is 61.7 Å². The number of hydrogen-bond acceptors (Lipinski definition) is 4. The van der Waals surface area contributed by atoms with Crippen LogP contribution in [0, 0.1) is 0 Å². The van der Waals surface area contributed by atoms with Gasteiger partial charge in [0, 0.05) is 10.8 Å². The first-order valence-corrected chi connectivity index (χ1v) is 8.72. The molecular formula is C20H18N4. The van der Waals surface area contributed by atoms with Crippen LogP contribution in [-0.4, -0.2) is 20.6 Å². The first kappa shape index (κ1) is 13.8. The number of rotatable bonds is 1. The molecular weight excluding hydrogens is 296 g/mol. The highest BCUT2D eigenvalue weighted by Gasteiger charge is 2.21. The summed E-state index contributed by atoms with van der Waals surface area (Å²) >= 11 is 0. The molecule has 4 aromatic rings. The highest BCUT2D eigenvalue weighted by Crippen LogP contribution is 2.40. The zero-order valence-electron chi connectivity index (χ0n) is 13.4. The fourth-order valence-corrected chi connectivity index (χ4v) is 4.31. The molecule has 0 unspecified atom stereocenters. The second kappa shape index (κ2) is 5.48. The van der Waals surface area contributed by atoms with Gasteiger partial charge in [-0.15, -0.1) is 10.2 Å². The van der Waals surface area contributed by atoms with Gasteiger partial charge in [-0.05, 0) is 45.5 Å². The molecule has 1 saturated carbocycles. The van der Waals surface area contributed by atoms with E-state index in [1.54, 1.807) is 0 Å². The van der Waals surface area contributed by atoms with E-state index in [0.717, 1.165) is 16.4 Å². The molecule has 1 aromatic heterocycles. The molecule has 0 aliphatic heterocycles. The summed E-state index contributed by atoms with van der Waals surface area (Å²) < 4.78 is 0. The van der Waals surface area contributed by atoms with Gasteiger partial charge < -0.3 is 0 Å². The molecule has 0 radical (unpaired) electrons. The van der Waals surface area contributed by atoms with Crippen LogP contribution in [0.1, 0.15) is 43.6 Å². The Balaban J connectivity index is 1.96. The molecule has 1 heterocycles. The van der Waals surface area contributed by atoms with Crippen molar-refractivity contribution in [2.45, 2.75) is 38.0 Å². The summed E-state index contributed by atoms with van der Waals surface area (Å²) in [6.45, 7) is 0. The molecule has 0 bridgehead atoms. The molecule has 0 N–H and O–H groups in total. The highest BCUT2D eigenvalue weighted by molar-refractivity contribution is 6.23. The number of nitrogens with zero attached hydrogens (tertiary/aromatic N) is 4. The van der Waals surface area contributed by atoms with Crippen LogP contribution in [0.15, 0.2) is 42.5 Å². The van der Waals surface area contributed by atoms with Gasteiger partial charge >= 0.3 is 0 Å². The van der Waals surface area contributed by atoms with Crippen molar-refractivity contribution in [3.63, 3.8) is 0 Å². The van der Waals surface area contributed by atoms with E-state index in [9.17, 15) is 0 Å². The number of hydrogen-bond donors (Lipinski definition) is 0. The summed E-state index contributed by atoms with van der Waals surface area (Å²) in [4.78, 5) is 0. The largest absolute Gasteiger partial charge is 0.126 e. The van der Waals surface area contributed by atoms with E-state index in [1.807, 2.05) is 6.07 Å². The van der Waals surface area contributed by atoms with Crippen LogP contribution in [-0.2, 0) is 0 Å². The summed E-state index contributed by atoms with van der Waals surface area (Å²) in [5, 5.41) is 21.2. The lowest BCUT2D eigenvalue weighted by molar-refractivity contribution is 0.445. The fraction of sp³-hybridized carbons (Fsp3) is 0.300. The van der Waals surface area contributed by atoms with E-state index < -0.39 is 0 Å². The van der Waals surface area contributed by atoms with Gasteiger partial charge in [0.2, 0.25) is 0 Å². The van der Waals surface area contributed by atoms with Gasteiger partial charge in [0.25, 0.3) is 0 Å². The number of fused-ring (bicyclic) bond motifs is 6. The van der Waals surface area contributed by atoms with Crippen molar-refractivity contribution in [1.29, 1.82) is 0 Å². The Morgan fingerprint density at radius 3 is 2.21 bits per heavy atom. The van der Waals surface area contributed by atoms with Crippen molar-refractivity contribution in [2.24, 2.45) is 0 Å². The standard InChI is InChI=1S/C20H18N4/c1-2-7-13(8-3-1)14-11-6-12-16-15-9-4-5-10-17(15)19-20(18(14)16)22-24-23-21-19/h4-6,9-13H,1-3,7-8H2. The van der Waals surface area contributed by atoms with Crippen molar-refractivity contribution in [1.82, 2.24) is 20.6 Å². The molecule has 0 amide bonds. The number of aromatic nitrogens is 4. The summed E-state index contributed by atoms with van der Waals surface area (Å²) in [5.41, 5.74) is 3.15. The average Bonchev–Trinajstić information content (AvgIpc) is 2.68. The summed E-state index contributed by atoms with van der Waals surface area (Å²) in [5.74, 6) is 0.613. The van der Waals surface area contributed by atoms with Crippen LogP contribution >= 0.6 is 0 Å². The first-order valence-electron chi connectivity index (χ1n) is 8.72. The Labute approximate surface area is 139 Å². The fourth-order valence-electron chi connectivity index (χ4n) is 4.31. The predicted octanol–water partition coefficient (Wildman–Crippen LogP) is 4.77. The van der Waals surface area contributed by atoms with Gasteiger partial charge in [0.05, 0.1) is 0 Å². The monoisotopic (exact) mass is 314 g/mol. The quantitative estimate of drug-likeness (QED) is 0.475. The third kappa shape index (κ3) is 1.99. The van der Waals surface area contributed by atoms with E-state index in [4.69, 9.17) is 0 Å². The number of benzene rings is 3. The van der Waals surface area contributed by atoms with Crippen LogP contribution in [0.2, 0.25) is 0 Å². The Morgan fingerprint density at radius 1 is 0.667 bits per heavy atom. The third-order valence-electron chi connectivity index (χ3n) is 5.40. The van der Waals surface area contributed by atoms with Crippen molar-refractivity contribution >= 4 is 32.6 Å². The van der Waals surface area contributed by atoms with E-state index in [2.05, 4.69) is 57.0 Å². The average molecular weight is 314 g/mol. The van der Waals surface area contributed by atoms with E-state index in [1.165, 1.54) is 53.8 Å². The van der Waals surface area contributed by atoms with Crippen LogP contribution in [0.25, 0.3) is 32.6 Å². The van der Waals surface area contributed by atoms with Gasteiger partial charge in [-0.2, -0.15) is 0 Å². The Morgan fingerprint density at radius 2 is 1.38 bits per heavy atom. The van der Waals surface area contributed by atoms with Crippen molar-refractivity contribution in [3.8, 4) is 0 Å². The molecule has 1 aliphatic rings. The lowest BCUT2D eigenvalue weighted by Gasteiger charge is -2.24. The topological polar surface area (TPSA) is 51.6 Å². The zero-order chi connectivity index (χ0) is 15.9. The molecule has 24 heavy (non-hydrogen) atoms. The lowest BCUT2D eigenvalue weighted by Crippen LogP contribution is -2.06. The Hall–Kier alpha value is -2.62. The maximum Gasteiger partial charge on any atom is 0.124 e. The Bertz CT molecular complexity index is 1010. The van der Waals surface area contributed by atoms with Crippen molar-refractivity contribution in [3.05, 3.63) is 48.0 Å². The Kier molecular flexibility index (Phi) is 3.15. The minimum absolute atomic E-state index is 0.613. The molecule has 4 nitrogen and oxygen atoms in total. The summed E-state index contributed by atoms with van der Waals surface area (Å²) in [6.07, 6.45) is 6.52. The molecule has 5 rings (SSSR count). The smallest absolute Gasteiger partial charge is 0.124 e. The zero-order valence-corrected chi connectivity index (χ0v) is 13.4. The summed E-state index contributed by atoms with van der Waals surface area (Å²) in [6, 6.07) is 15.1. The van der Waals surface area contributed by atoms with Gasteiger partial charge in [-0.25, -0.2) is 0 Å². The van der Waals surface area contributed by atoms with E-state index >= 15 is 0 Å². The molecule has 4 heteroatoms. The molecule has 1 fully saturated rings. The maximum absolute atomic E-state index is 4.39. The molecule has 0 atom stereocenters. The first-order chi connectivity index (χ1) is 11.9. The molecule has 1 aliphatic carbocycles. The molecule has 3 aromatic carbocycles. The normalized spacial score (nSPS) is 16.2. The van der Waals surface area contributed by atoms with E-state index in [-0.39, 0.29) is 0 Å². The van der Waals surface area contributed by atoms with Crippen LogP contribution in [0.4, 0.5) is 0 Å². The molecule has 0 saturated heterocycles. The SMILES string of the molecule is c1ccc2c(c1)c1cccc(C3CCCCC3)c1c1nnnnc21. The second-order valence-electron chi connectivity index (χ2n) is 6.73. The van der Waals surface area contributed by atoms with Crippen LogP contribution < -0.4 is 0 Å². The van der Waals surface area contributed by atoms with Crippen LogP contribution in [0.5, 0.6) is 0 Å². The maximum atomic E-state index is 4.39. The van der Waals surface area contributed by atoms with Gasteiger partial charge in [0.1, 0.15) is 11.0 Å². The summed E-state index contributed by atoms with van der Waals surface area (Å²) in [7, 11) is 0. The van der Waals surface area contributed by atoms with Crippen molar-refractivity contribution in [2.75, 3.05) is 0 Å². The molecule has 118 valence electrons. The lowest BCUT2D eigenvalue weighted by atomic mass is 9.81. The highest BCUT2D eigenvalue weighted by atomic mass is 15.4. The van der Waals surface area contributed by atoms with Crippen molar-refractivity contribution < 1.29 is 0 Å². The van der Waals surface area contributed by atoms with Gasteiger partial charge in [-0.3, -0.25) is 0 Å². The predicted molar refractivity (Wildman–Crippen MR) is 96.0 cm³/mol. The molecule has 0 spiro atoms. The van der Waals surface area contributed by atoms with E-state index in [0.29, 0.717) is 5.92 Å². The van der Waals surface area contributed by atoms with Crippen LogP contribution in [0.3, 0.4) is 0 Å².